The summed E-state index contributed by atoms with van der Waals surface area (Å²) in [5.74, 6) is -1.52. The van der Waals surface area contributed by atoms with Gasteiger partial charge in [-0.1, -0.05) is 114 Å². The maximum atomic E-state index is 13.6. The average molecular weight is 893 g/mol. The van der Waals surface area contributed by atoms with Gasteiger partial charge in [-0.05, 0) is 94.1 Å². The zero-order valence-electron chi connectivity index (χ0n) is 35.7. The fourth-order valence-electron chi connectivity index (χ4n) is 8.04. The van der Waals surface area contributed by atoms with Gasteiger partial charge in [0.15, 0.2) is 0 Å². The number of benzene rings is 3. The van der Waals surface area contributed by atoms with E-state index in [0.717, 1.165) is 59.9 Å². The molecule has 3 amide bonds. The van der Waals surface area contributed by atoms with Crippen LogP contribution in [0, 0.1) is 11.8 Å². The third-order valence-electron chi connectivity index (χ3n) is 11.8. The van der Waals surface area contributed by atoms with E-state index in [4.69, 9.17) is 9.47 Å². The monoisotopic (exact) mass is 892 g/mol. The topological polar surface area (TPSA) is 169 Å². The average Bonchev–Trinajstić information content (AvgIpc) is 3.97. The fraction of sp³-hybridized carbons (Fsp3) is 0.447. The van der Waals surface area contributed by atoms with E-state index in [1.807, 2.05) is 91.0 Å². The van der Waals surface area contributed by atoms with Crippen LogP contribution in [0.4, 0.5) is 15.1 Å². The molecule has 0 bridgehead atoms. The van der Waals surface area contributed by atoms with Gasteiger partial charge in [0.2, 0.25) is 22.1 Å². The van der Waals surface area contributed by atoms with Crippen LogP contribution in [-0.4, -0.2) is 93.9 Å². The largest absolute Gasteiger partial charge is 0.464 e. The number of hydrogen-bond donors (Lipinski definition) is 2. The first-order chi connectivity index (χ1) is 30.8. The molecule has 0 saturated carbocycles. The predicted octanol–water partition coefficient (Wildman–Crippen LogP) is 8.11. The SMILES string of the molecule is CN1CCC(CCC(C(=O)Nc2nnc(CCCCc3nnc(NC(=O)C(COC(=O)C4CCN(C(=O)OCc5ccccc5)CC4)c4ccccc4)s3)s2)c2ccccc2)CC1. The van der Waals surface area contributed by atoms with Crippen molar-refractivity contribution >= 4 is 56.8 Å². The number of rotatable bonds is 19. The van der Waals surface area contributed by atoms with Crippen LogP contribution in [0.1, 0.15) is 89.9 Å². The lowest BCUT2D eigenvalue weighted by molar-refractivity contribution is -0.151. The summed E-state index contributed by atoms with van der Waals surface area (Å²) in [7, 11) is 2.17. The number of ether oxygens (including phenoxy) is 2. The minimum atomic E-state index is -0.759. The molecule has 0 radical (unpaired) electrons. The number of likely N-dealkylation sites (tertiary alicyclic amines) is 2. The molecule has 3 aromatic carbocycles. The van der Waals surface area contributed by atoms with Gasteiger partial charge in [0.25, 0.3) is 0 Å². The quantitative estimate of drug-likeness (QED) is 0.0607. The molecule has 2 fully saturated rings. The van der Waals surface area contributed by atoms with E-state index in [1.165, 1.54) is 35.5 Å². The molecule has 2 aromatic heterocycles. The van der Waals surface area contributed by atoms with Crippen LogP contribution in [0.15, 0.2) is 91.0 Å². The molecule has 2 N–H and O–H groups in total. The molecule has 14 nitrogen and oxygen atoms in total. The van der Waals surface area contributed by atoms with E-state index < -0.39 is 12.0 Å². The molecule has 332 valence electrons. The van der Waals surface area contributed by atoms with Gasteiger partial charge >= 0.3 is 12.1 Å². The number of unbranched alkanes of at least 4 members (excludes halogenated alkanes) is 1. The van der Waals surface area contributed by atoms with Crippen molar-refractivity contribution in [2.75, 3.05) is 50.5 Å². The van der Waals surface area contributed by atoms with Crippen LogP contribution in [0.2, 0.25) is 0 Å². The van der Waals surface area contributed by atoms with Crippen molar-refractivity contribution in [2.24, 2.45) is 11.8 Å². The molecule has 5 aromatic rings. The molecule has 7 rings (SSSR count). The lowest BCUT2D eigenvalue weighted by atomic mass is 9.86. The highest BCUT2D eigenvalue weighted by molar-refractivity contribution is 7.15. The third kappa shape index (κ3) is 13.7. The molecular formula is C47H56N8O6S2. The fourth-order valence-corrected chi connectivity index (χ4v) is 9.60. The summed E-state index contributed by atoms with van der Waals surface area (Å²) >= 11 is 2.73. The van der Waals surface area contributed by atoms with Crippen LogP contribution in [0.5, 0.6) is 0 Å². The highest BCUT2D eigenvalue weighted by Gasteiger charge is 2.31. The molecular weight excluding hydrogens is 837 g/mol. The normalized spacial score (nSPS) is 15.9. The number of carbonyl (C=O) groups is 4. The molecule has 2 aliphatic heterocycles. The number of aryl methyl sites for hydroxylation is 2. The van der Waals surface area contributed by atoms with E-state index in [9.17, 15) is 19.2 Å². The first-order valence-corrected chi connectivity index (χ1v) is 23.6. The van der Waals surface area contributed by atoms with Crippen molar-refractivity contribution in [1.82, 2.24) is 30.2 Å². The van der Waals surface area contributed by atoms with Crippen LogP contribution in [0.3, 0.4) is 0 Å². The van der Waals surface area contributed by atoms with E-state index in [1.54, 1.807) is 4.90 Å². The molecule has 16 heteroatoms. The summed E-state index contributed by atoms with van der Waals surface area (Å²) in [6.07, 6.45) is 7.72. The van der Waals surface area contributed by atoms with Gasteiger partial charge in [0.1, 0.15) is 23.2 Å². The van der Waals surface area contributed by atoms with Gasteiger partial charge < -0.3 is 19.3 Å². The maximum Gasteiger partial charge on any atom is 0.410 e. The number of piperidine rings is 2. The van der Waals surface area contributed by atoms with Gasteiger partial charge in [-0.25, -0.2) is 4.79 Å². The van der Waals surface area contributed by atoms with Gasteiger partial charge in [0, 0.05) is 25.9 Å². The number of esters is 1. The van der Waals surface area contributed by atoms with Gasteiger partial charge in [0.05, 0.1) is 17.8 Å². The summed E-state index contributed by atoms with van der Waals surface area (Å²) in [6.45, 7) is 3.04. The summed E-state index contributed by atoms with van der Waals surface area (Å²) in [5, 5.41) is 25.7. The molecule has 2 aliphatic rings. The first kappa shape index (κ1) is 45.4. The summed E-state index contributed by atoms with van der Waals surface area (Å²) in [6, 6.07) is 28.7. The zero-order chi connectivity index (χ0) is 43.8. The van der Waals surface area contributed by atoms with Gasteiger partial charge in [-0.15, -0.1) is 20.4 Å². The minimum Gasteiger partial charge on any atom is -0.464 e. The van der Waals surface area contributed by atoms with E-state index in [0.29, 0.717) is 60.5 Å². The van der Waals surface area contributed by atoms with Crippen LogP contribution < -0.4 is 10.6 Å². The molecule has 2 atom stereocenters. The second-order valence-corrected chi connectivity index (χ2v) is 18.5. The third-order valence-corrected chi connectivity index (χ3v) is 13.6. The number of nitrogens with zero attached hydrogens (tertiary/aromatic N) is 6. The van der Waals surface area contributed by atoms with Gasteiger partial charge in [-0.2, -0.15) is 0 Å². The van der Waals surface area contributed by atoms with Crippen LogP contribution in [-0.2, 0) is 43.3 Å². The van der Waals surface area contributed by atoms with E-state index >= 15 is 0 Å². The Morgan fingerprint density at radius 1 is 0.667 bits per heavy atom. The molecule has 0 spiro atoms. The Kier molecular flexibility index (Phi) is 16.7. The molecule has 2 saturated heterocycles. The van der Waals surface area contributed by atoms with Gasteiger partial charge in [-0.3, -0.25) is 25.0 Å². The number of carbonyl (C=O) groups excluding carboxylic acids is 4. The van der Waals surface area contributed by atoms with Crippen molar-refractivity contribution in [3.05, 3.63) is 118 Å². The Morgan fingerprint density at radius 3 is 1.76 bits per heavy atom. The van der Waals surface area contributed by atoms with E-state index in [-0.39, 0.29) is 42.8 Å². The Balaban J connectivity index is 0.834. The lowest BCUT2D eigenvalue weighted by Crippen LogP contribution is -2.41. The summed E-state index contributed by atoms with van der Waals surface area (Å²) in [5.41, 5.74) is 2.64. The summed E-state index contributed by atoms with van der Waals surface area (Å²) < 4.78 is 11.2. The number of amides is 3. The molecule has 0 aliphatic carbocycles. The number of hydrogen-bond acceptors (Lipinski definition) is 13. The first-order valence-electron chi connectivity index (χ1n) is 21.9. The van der Waals surface area contributed by atoms with Crippen molar-refractivity contribution in [3.8, 4) is 0 Å². The van der Waals surface area contributed by atoms with Crippen LogP contribution >= 0.6 is 22.7 Å². The lowest BCUT2D eigenvalue weighted by Gasteiger charge is -2.30. The standard InChI is InChI=1S/C47H56N8O6S2/c1-54-27-23-33(24-28-54)21-22-38(35-15-7-3-8-16-35)42(56)48-45-52-50-40(62-45)19-11-12-20-41-51-53-46(63-41)49-43(57)39(36-17-9-4-10-18-36)32-60-44(58)37-25-29-55(30-26-37)47(59)61-31-34-13-5-2-6-14-34/h2-10,13-18,33,37-39H,11-12,19-32H2,1H3,(H,48,52,56)(H,49,53,57). The molecule has 4 heterocycles. The zero-order valence-corrected chi connectivity index (χ0v) is 37.4. The minimum absolute atomic E-state index is 0.0417. The van der Waals surface area contributed by atoms with Crippen molar-refractivity contribution in [1.29, 1.82) is 0 Å². The van der Waals surface area contributed by atoms with Crippen molar-refractivity contribution in [3.63, 3.8) is 0 Å². The van der Waals surface area contributed by atoms with Crippen molar-refractivity contribution in [2.45, 2.75) is 82.7 Å². The van der Waals surface area contributed by atoms with Crippen molar-refractivity contribution < 1.29 is 28.7 Å². The van der Waals surface area contributed by atoms with Crippen LogP contribution in [0.25, 0.3) is 0 Å². The Morgan fingerprint density at radius 2 is 1.19 bits per heavy atom. The second kappa shape index (κ2) is 23.2. The summed E-state index contributed by atoms with van der Waals surface area (Å²) in [4.78, 5) is 57.0. The Hall–Kier alpha value is -5.58. The maximum absolute atomic E-state index is 13.6. The number of nitrogens with one attached hydrogen (secondary N) is 2. The number of anilines is 2. The highest BCUT2D eigenvalue weighted by Crippen LogP contribution is 2.30. The number of aromatic nitrogens is 4. The molecule has 63 heavy (non-hydrogen) atoms. The van der Waals surface area contributed by atoms with E-state index in [2.05, 4.69) is 43.0 Å². The second-order valence-electron chi connectivity index (χ2n) is 16.4. The molecule has 2 unspecified atom stereocenters. The highest BCUT2D eigenvalue weighted by atomic mass is 32.1. The Bertz CT molecular complexity index is 2210. The smallest absolute Gasteiger partial charge is 0.410 e. The Labute approximate surface area is 376 Å². The predicted molar refractivity (Wildman–Crippen MR) is 243 cm³/mol.